The van der Waals surface area contributed by atoms with Gasteiger partial charge in [-0.05, 0) is 41.2 Å². The highest BCUT2D eigenvalue weighted by Crippen LogP contribution is 2.39. The molecule has 2 aromatic rings. The Kier molecular flexibility index (Phi) is 4.34. The van der Waals surface area contributed by atoms with E-state index in [9.17, 15) is 0 Å². The van der Waals surface area contributed by atoms with E-state index in [2.05, 4.69) is 66.2 Å². The summed E-state index contributed by atoms with van der Waals surface area (Å²) < 4.78 is 6.15. The van der Waals surface area contributed by atoms with Crippen LogP contribution in [0.15, 0.2) is 42.5 Å². The molecule has 0 radical (unpaired) electrons. The standard InChI is InChI=1S/C19H21BrO/c1-3-13-9-10-14(4-2)16(11-13)19(20)18-12-15-7-5-6-8-17(15)21-18/h5-11,18-19H,3-4,12H2,1-2H3. The van der Waals surface area contributed by atoms with Crippen molar-refractivity contribution < 1.29 is 4.74 Å². The largest absolute Gasteiger partial charge is 0.488 e. The first-order chi connectivity index (χ1) is 10.2. The number of rotatable bonds is 4. The van der Waals surface area contributed by atoms with Crippen LogP contribution in [0.2, 0.25) is 0 Å². The van der Waals surface area contributed by atoms with Crippen LogP contribution in [0.1, 0.15) is 40.9 Å². The summed E-state index contributed by atoms with van der Waals surface area (Å²) in [7, 11) is 0. The van der Waals surface area contributed by atoms with Gasteiger partial charge in [0, 0.05) is 6.42 Å². The quantitative estimate of drug-likeness (QED) is 0.688. The Morgan fingerprint density at radius 1 is 1.14 bits per heavy atom. The lowest BCUT2D eigenvalue weighted by Crippen LogP contribution is -2.20. The van der Waals surface area contributed by atoms with Crippen molar-refractivity contribution in [2.75, 3.05) is 0 Å². The zero-order valence-electron chi connectivity index (χ0n) is 12.6. The van der Waals surface area contributed by atoms with Crippen LogP contribution in [-0.2, 0) is 19.3 Å². The Hall–Kier alpha value is -1.28. The zero-order valence-corrected chi connectivity index (χ0v) is 14.2. The van der Waals surface area contributed by atoms with Gasteiger partial charge >= 0.3 is 0 Å². The molecule has 0 saturated carbocycles. The number of hydrogen-bond donors (Lipinski definition) is 0. The Balaban J connectivity index is 1.88. The Bertz CT molecular complexity index is 610. The van der Waals surface area contributed by atoms with Gasteiger partial charge in [-0.3, -0.25) is 0 Å². The fraction of sp³-hybridized carbons (Fsp3) is 0.368. The summed E-state index contributed by atoms with van der Waals surface area (Å²) in [6.07, 6.45) is 3.29. The smallest absolute Gasteiger partial charge is 0.123 e. The summed E-state index contributed by atoms with van der Waals surface area (Å²) in [4.78, 5) is 0.242. The molecule has 0 bridgehead atoms. The average Bonchev–Trinajstić information content (AvgIpc) is 2.97. The Morgan fingerprint density at radius 3 is 2.67 bits per heavy atom. The molecule has 2 unspecified atom stereocenters. The molecule has 21 heavy (non-hydrogen) atoms. The predicted octanol–water partition coefficient (Wildman–Crippen LogP) is 5.25. The van der Waals surface area contributed by atoms with E-state index in [-0.39, 0.29) is 10.9 Å². The van der Waals surface area contributed by atoms with Gasteiger partial charge in [0.2, 0.25) is 0 Å². The molecular weight excluding hydrogens is 324 g/mol. The second kappa shape index (κ2) is 6.23. The lowest BCUT2D eigenvalue weighted by atomic mass is 9.95. The summed E-state index contributed by atoms with van der Waals surface area (Å²) in [6, 6.07) is 15.2. The second-order valence-corrected chi connectivity index (χ2v) is 6.60. The van der Waals surface area contributed by atoms with Crippen LogP contribution in [0.5, 0.6) is 5.75 Å². The molecule has 110 valence electrons. The fourth-order valence-corrected chi connectivity index (χ4v) is 3.74. The van der Waals surface area contributed by atoms with Crippen molar-refractivity contribution in [2.45, 2.75) is 44.0 Å². The molecule has 2 atom stereocenters. The van der Waals surface area contributed by atoms with Gasteiger partial charge in [-0.25, -0.2) is 0 Å². The second-order valence-electron chi connectivity index (χ2n) is 5.61. The zero-order chi connectivity index (χ0) is 14.8. The van der Waals surface area contributed by atoms with Crippen LogP contribution in [0.4, 0.5) is 0 Å². The minimum atomic E-state index is 0.180. The number of alkyl halides is 1. The maximum Gasteiger partial charge on any atom is 0.123 e. The van der Waals surface area contributed by atoms with Gasteiger partial charge < -0.3 is 4.74 Å². The summed E-state index contributed by atoms with van der Waals surface area (Å²) in [5, 5.41) is 0. The van der Waals surface area contributed by atoms with Gasteiger partial charge in [0.1, 0.15) is 11.9 Å². The highest BCUT2D eigenvalue weighted by Gasteiger charge is 2.30. The topological polar surface area (TPSA) is 9.23 Å². The molecule has 0 spiro atoms. The van der Waals surface area contributed by atoms with E-state index < -0.39 is 0 Å². The van der Waals surface area contributed by atoms with Gasteiger partial charge in [0.25, 0.3) is 0 Å². The number of aryl methyl sites for hydroxylation is 2. The van der Waals surface area contributed by atoms with E-state index in [1.54, 1.807) is 0 Å². The van der Waals surface area contributed by atoms with Crippen LogP contribution in [0.25, 0.3) is 0 Å². The van der Waals surface area contributed by atoms with Crippen molar-refractivity contribution >= 4 is 15.9 Å². The molecule has 0 aromatic heterocycles. The monoisotopic (exact) mass is 344 g/mol. The van der Waals surface area contributed by atoms with Gasteiger partial charge in [-0.15, -0.1) is 0 Å². The normalized spacial score (nSPS) is 18.1. The number of ether oxygens (including phenoxy) is 1. The first-order valence-corrected chi connectivity index (χ1v) is 8.64. The number of benzene rings is 2. The van der Waals surface area contributed by atoms with Crippen molar-refractivity contribution in [1.29, 1.82) is 0 Å². The molecule has 0 aliphatic carbocycles. The minimum Gasteiger partial charge on any atom is -0.488 e. The number of fused-ring (bicyclic) bond motifs is 1. The van der Waals surface area contributed by atoms with Crippen LogP contribution in [-0.4, -0.2) is 6.10 Å². The van der Waals surface area contributed by atoms with Crippen LogP contribution < -0.4 is 4.74 Å². The number of halogens is 1. The molecular formula is C19H21BrO. The van der Waals surface area contributed by atoms with E-state index in [0.717, 1.165) is 25.0 Å². The molecule has 1 aliphatic rings. The molecule has 2 aromatic carbocycles. The summed E-state index contributed by atoms with van der Waals surface area (Å²) in [5.41, 5.74) is 5.50. The van der Waals surface area contributed by atoms with Crippen LogP contribution in [0.3, 0.4) is 0 Å². The average molecular weight is 345 g/mol. The molecule has 1 heterocycles. The predicted molar refractivity (Wildman–Crippen MR) is 91.4 cm³/mol. The Labute approximate surface area is 135 Å². The van der Waals surface area contributed by atoms with Gasteiger partial charge in [0.05, 0.1) is 4.83 Å². The van der Waals surface area contributed by atoms with E-state index in [4.69, 9.17) is 4.74 Å². The number of para-hydroxylation sites is 1. The van der Waals surface area contributed by atoms with E-state index in [1.165, 1.54) is 22.3 Å². The van der Waals surface area contributed by atoms with Gasteiger partial charge in [0.15, 0.2) is 0 Å². The highest BCUT2D eigenvalue weighted by atomic mass is 79.9. The highest BCUT2D eigenvalue weighted by molar-refractivity contribution is 9.09. The van der Waals surface area contributed by atoms with Crippen molar-refractivity contribution in [3.63, 3.8) is 0 Å². The molecule has 1 aliphatic heterocycles. The minimum absolute atomic E-state index is 0.180. The van der Waals surface area contributed by atoms with Gasteiger partial charge in [-0.1, -0.05) is 66.2 Å². The van der Waals surface area contributed by atoms with Gasteiger partial charge in [-0.2, -0.15) is 0 Å². The molecule has 3 rings (SSSR count). The lowest BCUT2D eigenvalue weighted by molar-refractivity contribution is 0.231. The van der Waals surface area contributed by atoms with Crippen molar-refractivity contribution in [3.05, 3.63) is 64.7 Å². The van der Waals surface area contributed by atoms with Crippen molar-refractivity contribution in [1.82, 2.24) is 0 Å². The maximum absolute atomic E-state index is 6.15. The van der Waals surface area contributed by atoms with Crippen molar-refractivity contribution in [3.8, 4) is 5.75 Å². The van der Waals surface area contributed by atoms with Crippen LogP contribution >= 0.6 is 15.9 Å². The van der Waals surface area contributed by atoms with E-state index >= 15 is 0 Å². The van der Waals surface area contributed by atoms with E-state index in [0.29, 0.717) is 0 Å². The third-order valence-electron chi connectivity index (χ3n) is 4.30. The first kappa shape index (κ1) is 14.6. The third kappa shape index (κ3) is 2.87. The lowest BCUT2D eigenvalue weighted by Gasteiger charge is -2.21. The fourth-order valence-electron chi connectivity index (χ4n) is 3.02. The SMILES string of the molecule is CCc1ccc(CC)c(C(Br)C2Cc3ccccc3O2)c1. The Morgan fingerprint density at radius 2 is 1.95 bits per heavy atom. The first-order valence-electron chi connectivity index (χ1n) is 7.73. The molecule has 0 fully saturated rings. The third-order valence-corrected chi connectivity index (χ3v) is 5.38. The molecule has 0 N–H and O–H groups in total. The van der Waals surface area contributed by atoms with Crippen molar-refractivity contribution in [2.24, 2.45) is 0 Å². The summed E-state index contributed by atoms with van der Waals surface area (Å²) in [6.45, 7) is 4.42. The molecule has 1 nitrogen and oxygen atoms in total. The molecule has 0 amide bonds. The van der Waals surface area contributed by atoms with E-state index in [1.807, 2.05) is 6.07 Å². The summed E-state index contributed by atoms with van der Waals surface area (Å²) in [5.74, 6) is 1.04. The summed E-state index contributed by atoms with van der Waals surface area (Å²) >= 11 is 3.90. The molecule has 2 heteroatoms. The maximum atomic E-state index is 6.15. The molecule has 0 saturated heterocycles. The number of hydrogen-bond acceptors (Lipinski definition) is 1. The van der Waals surface area contributed by atoms with Crippen LogP contribution in [0, 0.1) is 0 Å².